The Morgan fingerprint density at radius 3 is 2.44 bits per heavy atom. The number of hydrogen-bond donors (Lipinski definition) is 1. The van der Waals surface area contributed by atoms with Gasteiger partial charge in [0, 0.05) is 6.20 Å². The minimum Gasteiger partial charge on any atom is -0.310 e. The summed E-state index contributed by atoms with van der Waals surface area (Å²) in [7, 11) is 0. The Balaban J connectivity index is 2.01. The molecule has 1 aromatic rings. The Kier molecular flexibility index (Phi) is 3.19. The van der Waals surface area contributed by atoms with E-state index in [9.17, 15) is 18.0 Å². The van der Waals surface area contributed by atoms with E-state index in [2.05, 4.69) is 10.3 Å². The molecule has 1 aromatic heterocycles. The lowest BCUT2D eigenvalue weighted by Gasteiger charge is -2.07. The number of alkyl halides is 5. The van der Waals surface area contributed by atoms with Crippen LogP contribution in [-0.2, 0) is 11.0 Å². The van der Waals surface area contributed by atoms with Gasteiger partial charge in [-0.05, 0) is 18.6 Å². The lowest BCUT2D eigenvalue weighted by atomic mass is 10.3. The van der Waals surface area contributed by atoms with Crippen molar-refractivity contribution in [2.24, 2.45) is 5.92 Å². The summed E-state index contributed by atoms with van der Waals surface area (Å²) in [5, 5.41) is 2.35. The van der Waals surface area contributed by atoms with Crippen LogP contribution in [0.4, 0.5) is 19.0 Å². The van der Waals surface area contributed by atoms with Gasteiger partial charge in [-0.3, -0.25) is 4.79 Å². The summed E-state index contributed by atoms with van der Waals surface area (Å²) in [6.07, 6.45) is -3.48. The molecule has 0 aromatic carbocycles. The fraction of sp³-hybridized carbons (Fsp3) is 0.400. The maximum Gasteiger partial charge on any atom is 0.417 e. The molecule has 1 heterocycles. The number of anilines is 1. The van der Waals surface area contributed by atoms with E-state index in [1.165, 1.54) is 0 Å². The van der Waals surface area contributed by atoms with Crippen molar-refractivity contribution in [3.8, 4) is 0 Å². The first-order valence-corrected chi connectivity index (χ1v) is 5.68. The Labute approximate surface area is 110 Å². The zero-order chi connectivity index (χ0) is 13.6. The van der Waals surface area contributed by atoms with E-state index in [0.717, 1.165) is 12.1 Å². The number of amides is 1. The first-order valence-electron chi connectivity index (χ1n) is 4.92. The van der Waals surface area contributed by atoms with E-state index in [1.54, 1.807) is 0 Å². The Morgan fingerprint density at radius 1 is 1.44 bits per heavy atom. The van der Waals surface area contributed by atoms with Crippen LogP contribution >= 0.6 is 23.2 Å². The van der Waals surface area contributed by atoms with Gasteiger partial charge in [0.15, 0.2) is 0 Å². The quantitative estimate of drug-likeness (QED) is 0.852. The van der Waals surface area contributed by atoms with Crippen LogP contribution in [0.3, 0.4) is 0 Å². The highest BCUT2D eigenvalue weighted by Crippen LogP contribution is 2.53. The molecular weight excluding hydrogens is 292 g/mol. The third-order valence-electron chi connectivity index (χ3n) is 2.48. The van der Waals surface area contributed by atoms with Crippen molar-refractivity contribution in [1.29, 1.82) is 0 Å². The lowest BCUT2D eigenvalue weighted by molar-refractivity contribution is -0.137. The van der Waals surface area contributed by atoms with Crippen LogP contribution in [0.5, 0.6) is 0 Å². The van der Waals surface area contributed by atoms with Crippen molar-refractivity contribution in [3.05, 3.63) is 23.9 Å². The summed E-state index contributed by atoms with van der Waals surface area (Å²) >= 11 is 11.4. The lowest BCUT2D eigenvalue weighted by Crippen LogP contribution is -2.18. The van der Waals surface area contributed by atoms with E-state index < -0.39 is 27.9 Å². The summed E-state index contributed by atoms with van der Waals surface area (Å²) in [5.74, 6) is -0.971. The number of aromatic nitrogens is 1. The van der Waals surface area contributed by atoms with Gasteiger partial charge in [-0.25, -0.2) is 4.98 Å². The first-order chi connectivity index (χ1) is 8.20. The smallest absolute Gasteiger partial charge is 0.310 e. The van der Waals surface area contributed by atoms with Gasteiger partial charge in [-0.15, -0.1) is 23.2 Å². The van der Waals surface area contributed by atoms with Gasteiger partial charge in [-0.1, -0.05) is 0 Å². The third-order valence-corrected chi connectivity index (χ3v) is 3.32. The number of nitrogens with zero attached hydrogens (tertiary/aromatic N) is 1. The van der Waals surface area contributed by atoms with Crippen molar-refractivity contribution >= 4 is 34.9 Å². The summed E-state index contributed by atoms with van der Waals surface area (Å²) < 4.78 is 35.7. The first kappa shape index (κ1) is 13.4. The Morgan fingerprint density at radius 2 is 2.06 bits per heavy atom. The molecular formula is C10H7Cl2F3N2O. The highest BCUT2D eigenvalue weighted by atomic mass is 35.5. The number of nitrogens with one attached hydrogen (secondary N) is 1. The van der Waals surface area contributed by atoms with Gasteiger partial charge in [0.2, 0.25) is 5.91 Å². The topological polar surface area (TPSA) is 42.0 Å². The number of pyridine rings is 1. The molecule has 3 nitrogen and oxygen atoms in total. The van der Waals surface area contributed by atoms with E-state index >= 15 is 0 Å². The van der Waals surface area contributed by atoms with E-state index in [4.69, 9.17) is 23.2 Å². The van der Waals surface area contributed by atoms with Crippen LogP contribution in [0.15, 0.2) is 18.3 Å². The Hall–Kier alpha value is -1.01. The van der Waals surface area contributed by atoms with Gasteiger partial charge < -0.3 is 5.32 Å². The van der Waals surface area contributed by atoms with Crippen LogP contribution in [0, 0.1) is 5.92 Å². The fourth-order valence-electron chi connectivity index (χ4n) is 1.35. The third kappa shape index (κ3) is 2.87. The second kappa shape index (κ2) is 4.28. The predicted molar refractivity (Wildman–Crippen MR) is 60.4 cm³/mol. The molecule has 1 amide bonds. The number of carbonyl (C=O) groups is 1. The normalized spacial score (nSPS) is 21.5. The molecule has 8 heteroatoms. The largest absolute Gasteiger partial charge is 0.417 e. The minimum atomic E-state index is -4.45. The molecule has 0 spiro atoms. The van der Waals surface area contributed by atoms with Gasteiger partial charge in [0.1, 0.15) is 10.2 Å². The number of hydrogen-bond acceptors (Lipinski definition) is 2. The predicted octanol–water partition coefficient (Wildman–Crippen LogP) is 3.23. The minimum absolute atomic E-state index is 0.0315. The highest BCUT2D eigenvalue weighted by Gasteiger charge is 2.56. The molecule has 0 saturated heterocycles. The van der Waals surface area contributed by atoms with Crippen LogP contribution in [0.2, 0.25) is 0 Å². The molecule has 98 valence electrons. The fourth-order valence-corrected chi connectivity index (χ4v) is 1.85. The maximum atomic E-state index is 12.3. The summed E-state index contributed by atoms with van der Waals surface area (Å²) in [6, 6.07) is 1.91. The van der Waals surface area contributed by atoms with Crippen LogP contribution < -0.4 is 5.32 Å². The van der Waals surface area contributed by atoms with Gasteiger partial charge in [0.05, 0.1) is 11.5 Å². The maximum absolute atomic E-state index is 12.3. The van der Waals surface area contributed by atoms with E-state index in [1.807, 2.05) is 0 Å². The number of carbonyl (C=O) groups excluding carboxylic acids is 1. The van der Waals surface area contributed by atoms with E-state index in [0.29, 0.717) is 12.6 Å². The molecule has 0 bridgehead atoms. The summed E-state index contributed by atoms with van der Waals surface area (Å²) in [4.78, 5) is 15.0. The van der Waals surface area contributed by atoms with E-state index in [-0.39, 0.29) is 5.82 Å². The summed E-state index contributed by atoms with van der Waals surface area (Å²) in [6.45, 7) is 0. The van der Waals surface area contributed by atoms with Crippen LogP contribution in [-0.4, -0.2) is 15.2 Å². The zero-order valence-corrected chi connectivity index (χ0v) is 10.3. The molecule has 2 rings (SSSR count). The average Bonchev–Trinajstić information content (AvgIpc) is 2.87. The second-order valence-corrected chi connectivity index (χ2v) is 5.48. The number of rotatable bonds is 2. The SMILES string of the molecule is O=C(Nc1ccc(C(F)(F)F)cn1)[C@H]1CC1(Cl)Cl. The van der Waals surface area contributed by atoms with Gasteiger partial charge >= 0.3 is 6.18 Å². The van der Waals surface area contributed by atoms with Crippen molar-refractivity contribution in [1.82, 2.24) is 4.98 Å². The monoisotopic (exact) mass is 298 g/mol. The second-order valence-electron chi connectivity index (χ2n) is 3.94. The molecule has 1 fully saturated rings. The average molecular weight is 299 g/mol. The molecule has 1 aliphatic rings. The molecule has 0 aliphatic heterocycles. The van der Waals surface area contributed by atoms with Crippen LogP contribution in [0.25, 0.3) is 0 Å². The molecule has 0 unspecified atom stereocenters. The van der Waals surface area contributed by atoms with Crippen molar-refractivity contribution in [3.63, 3.8) is 0 Å². The summed E-state index contributed by atoms with van der Waals surface area (Å²) in [5.41, 5.74) is -0.879. The molecule has 18 heavy (non-hydrogen) atoms. The number of halogens is 5. The van der Waals surface area contributed by atoms with Gasteiger partial charge in [-0.2, -0.15) is 13.2 Å². The molecule has 1 saturated carbocycles. The van der Waals surface area contributed by atoms with Crippen molar-refractivity contribution < 1.29 is 18.0 Å². The molecule has 1 N–H and O–H groups in total. The van der Waals surface area contributed by atoms with Gasteiger partial charge in [0.25, 0.3) is 0 Å². The molecule has 1 atom stereocenters. The highest BCUT2D eigenvalue weighted by molar-refractivity contribution is 6.52. The van der Waals surface area contributed by atoms with Crippen molar-refractivity contribution in [2.45, 2.75) is 16.9 Å². The standard InChI is InChI=1S/C10H7Cl2F3N2O/c11-9(12)3-6(9)8(18)17-7-2-1-5(4-16-7)10(13,14)15/h1-2,4,6H,3H2,(H,16,17,18)/t6-/m1/s1. The van der Waals surface area contributed by atoms with Crippen molar-refractivity contribution in [2.75, 3.05) is 5.32 Å². The molecule has 0 radical (unpaired) electrons. The molecule has 1 aliphatic carbocycles. The Bertz CT molecular complexity index is 473. The zero-order valence-electron chi connectivity index (χ0n) is 8.76. The van der Waals surface area contributed by atoms with Crippen LogP contribution in [0.1, 0.15) is 12.0 Å².